The smallest absolute Gasteiger partial charge is 0.128 e. The SMILES string of the molecule is Cc1ccc(Cl)c(NCc2nc3ccccc3n2C)c1. The number of anilines is 1. The maximum absolute atomic E-state index is 6.19. The van der Waals surface area contributed by atoms with Gasteiger partial charge in [0.25, 0.3) is 0 Å². The van der Waals surface area contributed by atoms with E-state index in [0.29, 0.717) is 6.54 Å². The highest BCUT2D eigenvalue weighted by Crippen LogP contribution is 2.23. The number of imidazole rings is 1. The lowest BCUT2D eigenvalue weighted by molar-refractivity contribution is 0.834. The molecule has 0 saturated heterocycles. The van der Waals surface area contributed by atoms with Crippen molar-refractivity contribution in [2.45, 2.75) is 13.5 Å². The Bertz CT molecular complexity index is 762. The van der Waals surface area contributed by atoms with E-state index in [9.17, 15) is 0 Å². The molecule has 2 aromatic carbocycles. The third kappa shape index (κ3) is 2.37. The summed E-state index contributed by atoms with van der Waals surface area (Å²) in [4.78, 5) is 4.64. The van der Waals surface area contributed by atoms with E-state index in [1.54, 1.807) is 0 Å². The van der Waals surface area contributed by atoms with Crippen LogP contribution in [0.3, 0.4) is 0 Å². The van der Waals surface area contributed by atoms with Crippen molar-refractivity contribution >= 4 is 28.3 Å². The van der Waals surface area contributed by atoms with Crippen LogP contribution in [0.2, 0.25) is 5.02 Å². The van der Waals surface area contributed by atoms with Crippen LogP contribution in [0.1, 0.15) is 11.4 Å². The minimum Gasteiger partial charge on any atom is -0.377 e. The largest absolute Gasteiger partial charge is 0.377 e. The quantitative estimate of drug-likeness (QED) is 0.783. The molecule has 3 rings (SSSR count). The van der Waals surface area contributed by atoms with Gasteiger partial charge in [0.1, 0.15) is 5.82 Å². The van der Waals surface area contributed by atoms with Crippen molar-refractivity contribution < 1.29 is 0 Å². The normalized spacial score (nSPS) is 10.9. The molecule has 0 atom stereocenters. The van der Waals surface area contributed by atoms with Gasteiger partial charge in [-0.2, -0.15) is 0 Å². The number of rotatable bonds is 3. The van der Waals surface area contributed by atoms with Crippen LogP contribution in [0.25, 0.3) is 11.0 Å². The third-order valence-electron chi connectivity index (χ3n) is 3.44. The topological polar surface area (TPSA) is 29.9 Å². The Hall–Kier alpha value is -2.00. The van der Waals surface area contributed by atoms with E-state index in [1.165, 1.54) is 5.56 Å². The van der Waals surface area contributed by atoms with Crippen molar-refractivity contribution in [2.24, 2.45) is 7.05 Å². The Morgan fingerprint density at radius 1 is 1.20 bits per heavy atom. The summed E-state index contributed by atoms with van der Waals surface area (Å²) in [7, 11) is 2.03. The molecule has 1 heterocycles. The number of halogens is 1. The molecule has 0 amide bonds. The van der Waals surface area contributed by atoms with Gasteiger partial charge in [-0.3, -0.25) is 0 Å². The van der Waals surface area contributed by atoms with Crippen molar-refractivity contribution in [1.29, 1.82) is 0 Å². The zero-order valence-electron chi connectivity index (χ0n) is 11.5. The Labute approximate surface area is 123 Å². The van der Waals surface area contributed by atoms with Gasteiger partial charge in [-0.15, -0.1) is 0 Å². The molecule has 4 heteroatoms. The first kappa shape index (κ1) is 13.0. The van der Waals surface area contributed by atoms with Gasteiger partial charge in [0, 0.05) is 7.05 Å². The third-order valence-corrected chi connectivity index (χ3v) is 3.77. The fraction of sp³-hybridized carbons (Fsp3) is 0.188. The molecule has 0 radical (unpaired) electrons. The second kappa shape index (κ2) is 5.17. The van der Waals surface area contributed by atoms with Gasteiger partial charge in [-0.05, 0) is 36.8 Å². The number of benzene rings is 2. The van der Waals surface area contributed by atoms with Crippen LogP contribution in [-0.4, -0.2) is 9.55 Å². The number of hydrogen-bond acceptors (Lipinski definition) is 2. The average Bonchev–Trinajstić information content (AvgIpc) is 2.77. The summed E-state index contributed by atoms with van der Waals surface area (Å²) in [5.41, 5.74) is 4.28. The number of aromatic nitrogens is 2. The highest BCUT2D eigenvalue weighted by Gasteiger charge is 2.07. The number of nitrogens with zero attached hydrogens (tertiary/aromatic N) is 2. The molecule has 0 unspecified atom stereocenters. The first-order valence-corrected chi connectivity index (χ1v) is 6.93. The van der Waals surface area contributed by atoms with Gasteiger partial charge in [-0.1, -0.05) is 29.8 Å². The van der Waals surface area contributed by atoms with Crippen molar-refractivity contribution in [2.75, 3.05) is 5.32 Å². The lowest BCUT2D eigenvalue weighted by Gasteiger charge is -2.09. The second-order valence-corrected chi connectivity index (χ2v) is 5.32. The summed E-state index contributed by atoms with van der Waals surface area (Å²) in [6.45, 7) is 2.70. The molecule has 0 aliphatic carbocycles. The van der Waals surface area contributed by atoms with E-state index in [-0.39, 0.29) is 0 Å². The monoisotopic (exact) mass is 285 g/mol. The maximum atomic E-state index is 6.19. The van der Waals surface area contributed by atoms with Gasteiger partial charge in [0.2, 0.25) is 0 Å². The molecular formula is C16H16ClN3. The van der Waals surface area contributed by atoms with Gasteiger partial charge >= 0.3 is 0 Å². The first-order valence-electron chi connectivity index (χ1n) is 6.55. The molecule has 3 nitrogen and oxygen atoms in total. The average molecular weight is 286 g/mol. The number of aryl methyl sites for hydroxylation is 2. The number of hydrogen-bond donors (Lipinski definition) is 1. The van der Waals surface area contributed by atoms with Crippen LogP contribution in [0.15, 0.2) is 42.5 Å². The maximum Gasteiger partial charge on any atom is 0.128 e. The Kier molecular flexibility index (Phi) is 3.36. The van der Waals surface area contributed by atoms with Crippen LogP contribution >= 0.6 is 11.6 Å². The van der Waals surface area contributed by atoms with Crippen molar-refractivity contribution in [1.82, 2.24) is 9.55 Å². The number of fused-ring (bicyclic) bond motifs is 1. The Morgan fingerprint density at radius 2 is 2.00 bits per heavy atom. The van der Waals surface area contributed by atoms with Gasteiger partial charge in [0.15, 0.2) is 0 Å². The van der Waals surface area contributed by atoms with E-state index < -0.39 is 0 Å². The van der Waals surface area contributed by atoms with Crippen molar-refractivity contribution in [3.63, 3.8) is 0 Å². The summed E-state index contributed by atoms with van der Waals surface area (Å²) >= 11 is 6.19. The van der Waals surface area contributed by atoms with E-state index in [2.05, 4.69) is 27.9 Å². The molecule has 20 heavy (non-hydrogen) atoms. The molecule has 0 aliphatic heterocycles. The fourth-order valence-electron chi connectivity index (χ4n) is 2.30. The first-order chi connectivity index (χ1) is 9.65. The second-order valence-electron chi connectivity index (χ2n) is 4.91. The van der Waals surface area contributed by atoms with E-state index in [4.69, 9.17) is 11.6 Å². The summed E-state index contributed by atoms with van der Waals surface area (Å²) in [6, 6.07) is 14.1. The van der Waals surface area contributed by atoms with Crippen LogP contribution in [0.5, 0.6) is 0 Å². The molecule has 0 fully saturated rings. The molecule has 0 saturated carbocycles. The van der Waals surface area contributed by atoms with Crippen LogP contribution < -0.4 is 5.32 Å². The van der Waals surface area contributed by atoms with E-state index in [0.717, 1.165) is 27.6 Å². The molecule has 0 spiro atoms. The van der Waals surface area contributed by atoms with E-state index >= 15 is 0 Å². The van der Waals surface area contributed by atoms with Gasteiger partial charge in [-0.25, -0.2) is 4.98 Å². The highest BCUT2D eigenvalue weighted by molar-refractivity contribution is 6.33. The predicted molar refractivity (Wildman–Crippen MR) is 84.2 cm³/mol. The summed E-state index contributed by atoms with van der Waals surface area (Å²) in [5, 5.41) is 4.09. The molecule has 102 valence electrons. The fourth-order valence-corrected chi connectivity index (χ4v) is 2.49. The summed E-state index contributed by atoms with van der Waals surface area (Å²) in [6.07, 6.45) is 0. The molecule has 1 N–H and O–H groups in total. The van der Waals surface area contributed by atoms with Crippen LogP contribution in [0.4, 0.5) is 5.69 Å². The minimum absolute atomic E-state index is 0.647. The van der Waals surface area contributed by atoms with Gasteiger partial charge in [0.05, 0.1) is 28.3 Å². The van der Waals surface area contributed by atoms with Crippen LogP contribution in [-0.2, 0) is 13.6 Å². The standard InChI is InChI=1S/C16H16ClN3/c1-11-7-8-12(17)14(9-11)18-10-16-19-13-5-3-4-6-15(13)20(16)2/h3-9,18H,10H2,1-2H3. The molecule has 1 aromatic heterocycles. The molecule has 3 aromatic rings. The predicted octanol–water partition coefficient (Wildman–Crippen LogP) is 4.15. The minimum atomic E-state index is 0.647. The summed E-state index contributed by atoms with van der Waals surface area (Å²) in [5.74, 6) is 0.990. The zero-order valence-corrected chi connectivity index (χ0v) is 12.3. The lowest BCUT2D eigenvalue weighted by Crippen LogP contribution is -2.06. The van der Waals surface area contributed by atoms with Crippen LogP contribution in [0, 0.1) is 6.92 Å². The van der Waals surface area contributed by atoms with Crippen molar-refractivity contribution in [3.05, 3.63) is 58.9 Å². The Balaban J connectivity index is 1.87. The van der Waals surface area contributed by atoms with E-state index in [1.807, 2.05) is 43.4 Å². The number of para-hydroxylation sites is 2. The Morgan fingerprint density at radius 3 is 2.80 bits per heavy atom. The van der Waals surface area contributed by atoms with Gasteiger partial charge < -0.3 is 9.88 Å². The molecular weight excluding hydrogens is 270 g/mol. The van der Waals surface area contributed by atoms with Crippen molar-refractivity contribution in [3.8, 4) is 0 Å². The number of nitrogens with one attached hydrogen (secondary N) is 1. The molecule has 0 aliphatic rings. The zero-order chi connectivity index (χ0) is 14.1. The highest BCUT2D eigenvalue weighted by atomic mass is 35.5. The lowest BCUT2D eigenvalue weighted by atomic mass is 10.2. The molecule has 0 bridgehead atoms. The summed E-state index contributed by atoms with van der Waals surface area (Å²) < 4.78 is 2.10.